The number of ether oxygens (including phenoxy) is 1. The summed E-state index contributed by atoms with van der Waals surface area (Å²) in [5.41, 5.74) is 1.93. The topological polar surface area (TPSA) is 36.0 Å². The van der Waals surface area contributed by atoms with Crippen molar-refractivity contribution in [3.8, 4) is 0 Å². The molecule has 1 aromatic rings. The first-order valence-electron chi connectivity index (χ1n) is 9.68. The molecule has 4 rings (SSSR count). The highest BCUT2D eigenvalue weighted by atomic mass is 16.5. The van der Waals surface area contributed by atoms with Crippen LogP contribution in [0.1, 0.15) is 36.0 Å². The first-order valence-corrected chi connectivity index (χ1v) is 9.68. The van der Waals surface area contributed by atoms with Crippen molar-refractivity contribution in [3.63, 3.8) is 0 Å². The summed E-state index contributed by atoms with van der Waals surface area (Å²) in [6, 6.07) is 9.02. The zero-order chi connectivity index (χ0) is 17.2. The van der Waals surface area contributed by atoms with E-state index in [9.17, 15) is 4.79 Å². The minimum Gasteiger partial charge on any atom is -0.378 e. The molecular weight excluding hydrogens is 314 g/mol. The summed E-state index contributed by atoms with van der Waals surface area (Å²) in [4.78, 5) is 20.3. The van der Waals surface area contributed by atoms with Crippen LogP contribution in [-0.4, -0.2) is 74.2 Å². The number of benzene rings is 1. The highest BCUT2D eigenvalue weighted by Crippen LogP contribution is 2.32. The number of carbonyl (C=O) groups is 1. The Morgan fingerprint density at radius 1 is 1.00 bits per heavy atom. The molecule has 0 bridgehead atoms. The standard InChI is InChI=1S/C20H29N3O2/c1-21-10-4-8-18(21)19-9-5-11-23(19)20(24)16-6-2-3-7-17(16)22-12-14-25-15-13-22/h2-3,6-7,18-19H,4-5,8-15H2,1H3/t18-,19-/m0/s1. The van der Waals surface area contributed by atoms with Crippen LogP contribution in [0, 0.1) is 0 Å². The van der Waals surface area contributed by atoms with E-state index in [1.54, 1.807) is 0 Å². The highest BCUT2D eigenvalue weighted by Gasteiger charge is 2.39. The number of rotatable bonds is 3. The van der Waals surface area contributed by atoms with Crippen LogP contribution >= 0.6 is 0 Å². The van der Waals surface area contributed by atoms with Crippen LogP contribution in [0.2, 0.25) is 0 Å². The fraction of sp³-hybridized carbons (Fsp3) is 0.650. The minimum atomic E-state index is 0.213. The number of hydrogen-bond donors (Lipinski definition) is 0. The second kappa shape index (κ2) is 7.34. The maximum Gasteiger partial charge on any atom is 0.256 e. The molecule has 0 aromatic heterocycles. The Hall–Kier alpha value is -1.59. The van der Waals surface area contributed by atoms with Crippen molar-refractivity contribution in [1.82, 2.24) is 9.80 Å². The predicted molar refractivity (Wildman–Crippen MR) is 99.2 cm³/mol. The third-order valence-corrected chi connectivity index (χ3v) is 6.07. The van der Waals surface area contributed by atoms with Crippen LogP contribution in [0.4, 0.5) is 5.69 Å². The molecule has 3 saturated heterocycles. The Labute approximate surface area is 150 Å². The van der Waals surface area contributed by atoms with Crippen LogP contribution in [0.25, 0.3) is 0 Å². The Bertz CT molecular complexity index is 615. The Morgan fingerprint density at radius 2 is 1.72 bits per heavy atom. The van der Waals surface area contributed by atoms with E-state index in [1.807, 2.05) is 18.2 Å². The predicted octanol–water partition coefficient (Wildman–Crippen LogP) is 2.22. The fourth-order valence-electron chi connectivity index (χ4n) is 4.76. The van der Waals surface area contributed by atoms with Gasteiger partial charge in [-0.25, -0.2) is 0 Å². The maximum absolute atomic E-state index is 13.4. The maximum atomic E-state index is 13.4. The molecule has 0 saturated carbocycles. The number of hydrogen-bond acceptors (Lipinski definition) is 4. The van der Waals surface area contributed by atoms with Gasteiger partial charge in [0.15, 0.2) is 0 Å². The molecule has 5 heteroatoms. The summed E-state index contributed by atoms with van der Waals surface area (Å²) in [7, 11) is 2.21. The van der Waals surface area contributed by atoms with E-state index in [-0.39, 0.29) is 5.91 Å². The van der Waals surface area contributed by atoms with Gasteiger partial charge in [0, 0.05) is 37.4 Å². The number of likely N-dealkylation sites (N-methyl/N-ethyl adjacent to an activating group) is 1. The Kier molecular flexibility index (Phi) is 4.95. The molecule has 3 fully saturated rings. The van der Waals surface area contributed by atoms with Gasteiger partial charge in [-0.05, 0) is 51.4 Å². The number of morpholine rings is 1. The first-order chi connectivity index (χ1) is 12.3. The van der Waals surface area contributed by atoms with Gasteiger partial charge in [0.1, 0.15) is 0 Å². The second-order valence-corrected chi connectivity index (χ2v) is 7.51. The van der Waals surface area contributed by atoms with Crippen LogP contribution in [0.5, 0.6) is 0 Å². The molecule has 5 nitrogen and oxygen atoms in total. The molecule has 0 radical (unpaired) electrons. The molecule has 136 valence electrons. The van der Waals surface area contributed by atoms with E-state index in [0.29, 0.717) is 12.1 Å². The molecule has 25 heavy (non-hydrogen) atoms. The van der Waals surface area contributed by atoms with Crippen LogP contribution in [0.15, 0.2) is 24.3 Å². The largest absolute Gasteiger partial charge is 0.378 e. The third kappa shape index (κ3) is 3.27. The Balaban J connectivity index is 1.58. The van der Waals surface area contributed by atoms with Crippen LogP contribution < -0.4 is 4.90 Å². The molecule has 2 atom stereocenters. The van der Waals surface area contributed by atoms with Crippen molar-refractivity contribution in [2.24, 2.45) is 0 Å². The average Bonchev–Trinajstić information content (AvgIpc) is 3.30. The molecule has 3 aliphatic rings. The number of nitrogens with zero attached hydrogens (tertiary/aromatic N) is 3. The molecule has 3 heterocycles. The lowest BCUT2D eigenvalue weighted by Gasteiger charge is -2.35. The monoisotopic (exact) mass is 343 g/mol. The number of amides is 1. The summed E-state index contributed by atoms with van der Waals surface area (Å²) < 4.78 is 5.48. The van der Waals surface area contributed by atoms with Crippen molar-refractivity contribution in [3.05, 3.63) is 29.8 Å². The summed E-state index contributed by atoms with van der Waals surface area (Å²) in [5.74, 6) is 0.213. The van der Waals surface area contributed by atoms with Gasteiger partial charge in [0.2, 0.25) is 0 Å². The molecule has 0 unspecified atom stereocenters. The van der Waals surface area contributed by atoms with E-state index in [2.05, 4.69) is 27.8 Å². The molecule has 3 aliphatic heterocycles. The third-order valence-electron chi connectivity index (χ3n) is 6.07. The lowest BCUT2D eigenvalue weighted by Crippen LogP contribution is -2.47. The number of likely N-dealkylation sites (tertiary alicyclic amines) is 2. The van der Waals surface area contributed by atoms with Crippen molar-refractivity contribution < 1.29 is 9.53 Å². The van der Waals surface area contributed by atoms with E-state index in [4.69, 9.17) is 4.74 Å². The zero-order valence-corrected chi connectivity index (χ0v) is 15.2. The number of carbonyl (C=O) groups excluding carboxylic acids is 1. The van der Waals surface area contributed by atoms with Crippen molar-refractivity contribution in [1.29, 1.82) is 0 Å². The molecule has 0 aliphatic carbocycles. The normalized spacial score (nSPS) is 27.9. The van der Waals surface area contributed by atoms with Gasteiger partial charge < -0.3 is 19.4 Å². The SMILES string of the molecule is CN1CCC[C@H]1[C@@H]1CCCN1C(=O)c1ccccc1N1CCOCC1. The highest BCUT2D eigenvalue weighted by molar-refractivity contribution is 6.00. The fourth-order valence-corrected chi connectivity index (χ4v) is 4.76. The summed E-state index contributed by atoms with van der Waals surface area (Å²) >= 11 is 0. The van der Waals surface area contributed by atoms with Gasteiger partial charge in [0.05, 0.1) is 18.8 Å². The molecule has 1 aromatic carbocycles. The van der Waals surface area contributed by atoms with Crippen molar-refractivity contribution >= 4 is 11.6 Å². The summed E-state index contributed by atoms with van der Waals surface area (Å²) in [6.07, 6.45) is 4.74. The molecule has 0 N–H and O–H groups in total. The smallest absolute Gasteiger partial charge is 0.256 e. The molecule has 1 amide bonds. The van der Waals surface area contributed by atoms with E-state index in [0.717, 1.165) is 63.5 Å². The zero-order valence-electron chi connectivity index (χ0n) is 15.2. The van der Waals surface area contributed by atoms with Crippen LogP contribution in [-0.2, 0) is 4.74 Å². The van der Waals surface area contributed by atoms with Crippen LogP contribution in [0.3, 0.4) is 0 Å². The summed E-state index contributed by atoms with van der Waals surface area (Å²) in [6.45, 7) is 5.25. The van der Waals surface area contributed by atoms with Gasteiger partial charge in [-0.2, -0.15) is 0 Å². The van der Waals surface area contributed by atoms with E-state index >= 15 is 0 Å². The van der Waals surface area contributed by atoms with Gasteiger partial charge in [-0.3, -0.25) is 4.79 Å². The first kappa shape index (κ1) is 16.9. The van der Waals surface area contributed by atoms with Crippen molar-refractivity contribution in [2.45, 2.75) is 37.8 Å². The van der Waals surface area contributed by atoms with Gasteiger partial charge >= 0.3 is 0 Å². The van der Waals surface area contributed by atoms with Gasteiger partial charge in [-0.15, -0.1) is 0 Å². The lowest BCUT2D eigenvalue weighted by molar-refractivity contribution is 0.0664. The van der Waals surface area contributed by atoms with Gasteiger partial charge in [-0.1, -0.05) is 12.1 Å². The molecular formula is C20H29N3O2. The lowest BCUT2D eigenvalue weighted by atomic mass is 10.0. The quantitative estimate of drug-likeness (QED) is 0.843. The number of para-hydroxylation sites is 1. The minimum absolute atomic E-state index is 0.213. The van der Waals surface area contributed by atoms with Crippen molar-refractivity contribution in [2.75, 3.05) is 51.3 Å². The second-order valence-electron chi connectivity index (χ2n) is 7.51. The Morgan fingerprint density at radius 3 is 2.48 bits per heavy atom. The summed E-state index contributed by atoms with van der Waals surface area (Å²) in [5, 5.41) is 0. The van der Waals surface area contributed by atoms with E-state index < -0.39 is 0 Å². The number of anilines is 1. The van der Waals surface area contributed by atoms with E-state index in [1.165, 1.54) is 12.8 Å². The average molecular weight is 343 g/mol. The molecule has 0 spiro atoms. The van der Waals surface area contributed by atoms with Gasteiger partial charge in [0.25, 0.3) is 5.91 Å².